The van der Waals surface area contributed by atoms with Crippen molar-refractivity contribution in [3.05, 3.63) is 30.3 Å². The average molecular weight is 483 g/mol. The molecule has 1 fully saturated rings. The molecule has 2 aromatic rings. The van der Waals surface area contributed by atoms with E-state index in [0.717, 1.165) is 29.8 Å². The second-order valence-corrected chi connectivity index (χ2v) is 10.1. The zero-order chi connectivity index (χ0) is 25.6. The van der Waals surface area contributed by atoms with Crippen LogP contribution in [0.1, 0.15) is 47.3 Å². The Bertz CT molecular complexity index is 913. The van der Waals surface area contributed by atoms with Crippen molar-refractivity contribution in [1.29, 1.82) is 0 Å². The van der Waals surface area contributed by atoms with Gasteiger partial charge in [0, 0.05) is 44.0 Å². The number of amides is 2. The molecule has 2 amide bonds. The number of carbonyl (C=O) groups is 2. The molecule has 10 heteroatoms. The summed E-state index contributed by atoms with van der Waals surface area (Å²) in [5, 5.41) is 3.04. The van der Waals surface area contributed by atoms with Gasteiger partial charge in [-0.15, -0.1) is 0 Å². The van der Waals surface area contributed by atoms with Crippen LogP contribution in [0.4, 0.5) is 13.6 Å². The molecule has 34 heavy (non-hydrogen) atoms. The van der Waals surface area contributed by atoms with Gasteiger partial charge in [0.05, 0.1) is 11.1 Å². The summed E-state index contributed by atoms with van der Waals surface area (Å²) >= 11 is 0. The summed E-state index contributed by atoms with van der Waals surface area (Å²) in [7, 11) is 0. The zero-order valence-electron chi connectivity index (χ0n) is 20.9. The second kappa shape index (κ2) is 11.1. The van der Waals surface area contributed by atoms with Crippen LogP contribution in [0, 0.1) is 0 Å². The number of piperazine rings is 1. The number of pyridine rings is 1. The van der Waals surface area contributed by atoms with Gasteiger partial charge in [-0.2, -0.15) is 0 Å². The molecule has 0 atom stereocenters. The average Bonchev–Trinajstić information content (AvgIpc) is 3.24. The molecule has 8 nitrogen and oxygen atoms in total. The zero-order valence-corrected chi connectivity index (χ0v) is 20.9. The summed E-state index contributed by atoms with van der Waals surface area (Å²) in [5.41, 5.74) is -1.18. The molecule has 190 valence electrons. The van der Waals surface area contributed by atoms with Crippen LogP contribution < -0.4 is 5.32 Å². The normalized spacial score (nSPS) is 15.5. The summed E-state index contributed by atoms with van der Waals surface area (Å²) in [4.78, 5) is 30.2. The standard InChI is InChI=1S/C19H27N3O3.C5H9F2NO/c1-18(2,3)25-17(23)21-8-10-22(11-9-21)19(4,5)16-12-14-13-20-7-6-15(14)24-16;1-5(2-6,3-7)8-4-9/h6-7,12-13H,8-11H2,1-5H3;4H,2-3H2,1H3,(H,8,9). The first-order valence-electron chi connectivity index (χ1n) is 11.3. The first kappa shape index (κ1) is 27.5. The molecule has 1 aliphatic rings. The lowest BCUT2D eigenvalue weighted by molar-refractivity contribution is -0.111. The Kier molecular flexibility index (Phi) is 8.99. The van der Waals surface area contributed by atoms with Crippen LogP contribution in [0.25, 0.3) is 11.0 Å². The van der Waals surface area contributed by atoms with E-state index in [1.54, 1.807) is 11.1 Å². The van der Waals surface area contributed by atoms with Gasteiger partial charge in [0.25, 0.3) is 0 Å². The minimum absolute atomic E-state index is 0.236. The van der Waals surface area contributed by atoms with Crippen LogP contribution in [-0.4, -0.2) is 78.0 Å². The van der Waals surface area contributed by atoms with Crippen LogP contribution in [0.2, 0.25) is 0 Å². The Balaban J connectivity index is 0.000000387. The van der Waals surface area contributed by atoms with Crippen LogP contribution in [0.5, 0.6) is 0 Å². The number of rotatable bonds is 6. The van der Waals surface area contributed by atoms with Gasteiger partial charge in [0.15, 0.2) is 0 Å². The number of nitrogens with one attached hydrogen (secondary N) is 1. The summed E-state index contributed by atoms with van der Waals surface area (Å²) in [6.07, 6.45) is 3.61. The van der Waals surface area contributed by atoms with Crippen LogP contribution in [0.15, 0.2) is 28.9 Å². The van der Waals surface area contributed by atoms with E-state index in [2.05, 4.69) is 29.8 Å². The highest BCUT2D eigenvalue weighted by Crippen LogP contribution is 2.33. The van der Waals surface area contributed by atoms with E-state index in [4.69, 9.17) is 9.15 Å². The van der Waals surface area contributed by atoms with E-state index in [-0.39, 0.29) is 11.6 Å². The Morgan fingerprint density at radius 2 is 1.76 bits per heavy atom. The largest absolute Gasteiger partial charge is 0.459 e. The van der Waals surface area contributed by atoms with Crippen molar-refractivity contribution in [2.24, 2.45) is 0 Å². The summed E-state index contributed by atoms with van der Waals surface area (Å²) in [6, 6.07) is 3.94. The predicted molar refractivity (Wildman–Crippen MR) is 126 cm³/mol. The van der Waals surface area contributed by atoms with E-state index in [0.29, 0.717) is 19.5 Å². The molecule has 1 saturated heterocycles. The molecule has 0 radical (unpaired) electrons. The van der Waals surface area contributed by atoms with Crippen molar-refractivity contribution < 1.29 is 27.5 Å². The maximum atomic E-state index is 12.2. The van der Waals surface area contributed by atoms with Crippen molar-refractivity contribution in [2.75, 3.05) is 39.5 Å². The number of halogens is 2. The lowest BCUT2D eigenvalue weighted by Gasteiger charge is -2.43. The number of furan rings is 1. The fourth-order valence-corrected chi connectivity index (χ4v) is 3.37. The first-order chi connectivity index (χ1) is 15.8. The molecule has 3 rings (SSSR count). The van der Waals surface area contributed by atoms with Gasteiger partial charge in [-0.1, -0.05) is 0 Å². The second-order valence-electron chi connectivity index (χ2n) is 10.1. The monoisotopic (exact) mass is 482 g/mol. The fourth-order valence-electron chi connectivity index (χ4n) is 3.37. The third-order valence-corrected chi connectivity index (χ3v) is 5.64. The van der Waals surface area contributed by atoms with Crippen molar-refractivity contribution in [2.45, 2.75) is 58.2 Å². The maximum Gasteiger partial charge on any atom is 0.410 e. The number of nitrogens with zero attached hydrogens (tertiary/aromatic N) is 3. The number of aromatic nitrogens is 1. The van der Waals surface area contributed by atoms with Crippen molar-refractivity contribution >= 4 is 23.5 Å². The van der Waals surface area contributed by atoms with Gasteiger partial charge in [0.2, 0.25) is 6.41 Å². The summed E-state index contributed by atoms with van der Waals surface area (Å²) in [6.45, 7) is 12.4. The Labute approximate surface area is 199 Å². The maximum absolute atomic E-state index is 12.2. The molecule has 2 aromatic heterocycles. The Morgan fingerprint density at radius 1 is 1.15 bits per heavy atom. The van der Waals surface area contributed by atoms with E-state index in [1.165, 1.54) is 6.92 Å². The quantitative estimate of drug-likeness (QED) is 0.625. The van der Waals surface area contributed by atoms with E-state index in [9.17, 15) is 18.4 Å². The molecular weight excluding hydrogens is 446 g/mol. The summed E-state index contributed by atoms with van der Waals surface area (Å²) < 4.78 is 35.0. The number of hydrogen-bond acceptors (Lipinski definition) is 6. The number of carbonyl (C=O) groups excluding carboxylic acids is 2. The number of hydrogen-bond donors (Lipinski definition) is 1. The highest BCUT2D eigenvalue weighted by atomic mass is 19.1. The topological polar surface area (TPSA) is 87.9 Å². The minimum Gasteiger partial charge on any atom is -0.459 e. The third kappa shape index (κ3) is 7.12. The highest BCUT2D eigenvalue weighted by Gasteiger charge is 2.36. The van der Waals surface area contributed by atoms with E-state index >= 15 is 0 Å². The van der Waals surface area contributed by atoms with E-state index < -0.39 is 24.5 Å². The number of alkyl halides is 2. The third-order valence-electron chi connectivity index (χ3n) is 5.64. The summed E-state index contributed by atoms with van der Waals surface area (Å²) in [5.74, 6) is 0.918. The van der Waals surface area contributed by atoms with Gasteiger partial charge < -0.3 is 19.4 Å². The molecular formula is C24H36F2N4O4. The van der Waals surface area contributed by atoms with Gasteiger partial charge >= 0.3 is 6.09 Å². The van der Waals surface area contributed by atoms with Crippen LogP contribution >= 0.6 is 0 Å². The highest BCUT2D eigenvalue weighted by molar-refractivity contribution is 5.76. The Hall–Kier alpha value is -2.75. The number of ether oxygens (including phenoxy) is 1. The van der Waals surface area contributed by atoms with Gasteiger partial charge in [0.1, 0.15) is 30.3 Å². The Morgan fingerprint density at radius 3 is 2.24 bits per heavy atom. The lowest BCUT2D eigenvalue weighted by atomic mass is 9.98. The van der Waals surface area contributed by atoms with Gasteiger partial charge in [-0.25, -0.2) is 13.6 Å². The van der Waals surface area contributed by atoms with Crippen molar-refractivity contribution in [3.8, 4) is 0 Å². The molecule has 0 bridgehead atoms. The SMILES string of the molecule is CC(C)(C)OC(=O)N1CCN(C(C)(C)c2cc3cnccc3o2)CC1.CC(CF)(CF)NC=O. The first-order valence-corrected chi connectivity index (χ1v) is 11.3. The van der Waals surface area contributed by atoms with Crippen molar-refractivity contribution in [3.63, 3.8) is 0 Å². The molecule has 0 aliphatic carbocycles. The lowest BCUT2D eigenvalue weighted by Crippen LogP contribution is -2.55. The number of fused-ring (bicyclic) bond motifs is 1. The van der Waals surface area contributed by atoms with Gasteiger partial charge in [-0.05, 0) is 53.7 Å². The van der Waals surface area contributed by atoms with Crippen LogP contribution in [0.3, 0.4) is 0 Å². The fraction of sp³-hybridized carbons (Fsp3) is 0.625. The van der Waals surface area contributed by atoms with E-state index in [1.807, 2.05) is 38.4 Å². The smallest absolute Gasteiger partial charge is 0.410 e. The molecule has 1 N–H and O–H groups in total. The van der Waals surface area contributed by atoms with Gasteiger partial charge in [-0.3, -0.25) is 14.7 Å². The van der Waals surface area contributed by atoms with Crippen molar-refractivity contribution in [1.82, 2.24) is 20.1 Å². The molecule has 0 aromatic carbocycles. The molecule has 0 saturated carbocycles. The van der Waals surface area contributed by atoms with Crippen LogP contribution in [-0.2, 0) is 15.1 Å². The molecule has 1 aliphatic heterocycles. The minimum atomic E-state index is -1.32. The predicted octanol–water partition coefficient (Wildman–Crippen LogP) is 4.05. The molecule has 0 spiro atoms. The molecule has 0 unspecified atom stereocenters. The molecule has 3 heterocycles.